The molecule has 12 heteroatoms. The number of amides is 1. The minimum Gasteiger partial charge on any atom is -0.506 e. The summed E-state index contributed by atoms with van der Waals surface area (Å²) in [6.45, 7) is 1.60. The van der Waals surface area contributed by atoms with Crippen molar-refractivity contribution in [2.75, 3.05) is 29.9 Å². The quantitative estimate of drug-likeness (QED) is 0.171. The van der Waals surface area contributed by atoms with E-state index >= 15 is 0 Å². The molecular weight excluding hydrogens is 536 g/mol. The highest BCUT2D eigenvalue weighted by Crippen LogP contribution is 2.30. The van der Waals surface area contributed by atoms with Crippen molar-refractivity contribution in [3.63, 3.8) is 0 Å². The standard InChI is InChI=1S/C28H30N4O7S/c1-28(20-7-11-22(38-2)12-8-20,27(35)31-21-9-4-18(5-10-21)26-29-14-15-39-26)30-17-25(34)19-6-13-24(33)23(16-19)32-40(3,36)37/h4-16,25,30,32-34H,17H2,1-3H3,(H,31,35)/t25?,28-/m0/s1. The third kappa shape index (κ3) is 6.78. The zero-order chi connectivity index (χ0) is 28.9. The van der Waals surface area contributed by atoms with E-state index in [2.05, 4.69) is 20.3 Å². The minimum atomic E-state index is -3.66. The molecule has 2 atom stereocenters. The van der Waals surface area contributed by atoms with E-state index in [1.165, 1.54) is 24.5 Å². The molecule has 0 fully saturated rings. The van der Waals surface area contributed by atoms with Crippen molar-refractivity contribution < 1.29 is 32.6 Å². The number of rotatable bonds is 11. The third-order valence-corrected chi connectivity index (χ3v) is 6.88. The van der Waals surface area contributed by atoms with Crippen LogP contribution in [0.15, 0.2) is 83.6 Å². The van der Waals surface area contributed by atoms with Crippen molar-refractivity contribution in [2.24, 2.45) is 0 Å². The van der Waals surface area contributed by atoms with Gasteiger partial charge in [0, 0.05) is 17.8 Å². The molecule has 0 aliphatic rings. The van der Waals surface area contributed by atoms with Crippen LogP contribution in [0.25, 0.3) is 11.5 Å². The summed E-state index contributed by atoms with van der Waals surface area (Å²) in [7, 11) is -2.11. The Morgan fingerprint density at radius 2 is 1.80 bits per heavy atom. The predicted octanol–water partition coefficient (Wildman–Crippen LogP) is 3.60. The Bertz CT molecular complexity index is 1560. The topological polar surface area (TPSA) is 163 Å². The van der Waals surface area contributed by atoms with Gasteiger partial charge in [-0.3, -0.25) is 14.8 Å². The highest BCUT2D eigenvalue weighted by molar-refractivity contribution is 7.92. The number of phenols is 1. The lowest BCUT2D eigenvalue weighted by Crippen LogP contribution is -2.50. The molecule has 0 saturated heterocycles. The lowest BCUT2D eigenvalue weighted by atomic mass is 9.90. The fraction of sp³-hybridized carbons (Fsp3) is 0.214. The Hall–Kier alpha value is -4.39. The van der Waals surface area contributed by atoms with Crippen LogP contribution in [0.4, 0.5) is 11.4 Å². The number of benzene rings is 3. The summed E-state index contributed by atoms with van der Waals surface area (Å²) < 4.78 is 36.1. The molecule has 1 aromatic heterocycles. The van der Waals surface area contributed by atoms with Crippen LogP contribution in [0.5, 0.6) is 11.5 Å². The molecule has 0 aliphatic carbocycles. The number of carbonyl (C=O) groups is 1. The summed E-state index contributed by atoms with van der Waals surface area (Å²) in [6.07, 6.45) is 2.84. The summed E-state index contributed by atoms with van der Waals surface area (Å²) >= 11 is 0. The van der Waals surface area contributed by atoms with Gasteiger partial charge in [0.2, 0.25) is 21.8 Å². The van der Waals surface area contributed by atoms with E-state index in [4.69, 9.17) is 9.15 Å². The van der Waals surface area contributed by atoms with Gasteiger partial charge in [-0.05, 0) is 66.6 Å². The van der Waals surface area contributed by atoms with Crippen molar-refractivity contribution in [2.45, 2.75) is 18.6 Å². The van der Waals surface area contributed by atoms with E-state index in [-0.39, 0.29) is 23.9 Å². The number of methoxy groups -OCH3 is 1. The molecule has 0 radical (unpaired) electrons. The molecule has 3 aromatic carbocycles. The number of phenolic OH excluding ortho intramolecular Hbond substituents is 1. The number of aliphatic hydroxyl groups excluding tert-OH is 1. The number of hydrogen-bond donors (Lipinski definition) is 5. The highest BCUT2D eigenvalue weighted by atomic mass is 32.2. The van der Waals surface area contributed by atoms with Gasteiger partial charge in [-0.15, -0.1) is 0 Å². The number of hydrogen-bond acceptors (Lipinski definition) is 9. The maximum Gasteiger partial charge on any atom is 0.249 e. The zero-order valence-corrected chi connectivity index (χ0v) is 22.9. The van der Waals surface area contributed by atoms with Crippen LogP contribution in [0.2, 0.25) is 0 Å². The van der Waals surface area contributed by atoms with Gasteiger partial charge in [0.25, 0.3) is 0 Å². The van der Waals surface area contributed by atoms with E-state index in [0.29, 0.717) is 28.5 Å². The number of nitrogens with one attached hydrogen (secondary N) is 3. The number of oxazole rings is 1. The Morgan fingerprint density at radius 3 is 2.40 bits per heavy atom. The van der Waals surface area contributed by atoms with E-state index in [1.54, 1.807) is 68.8 Å². The number of aromatic hydroxyl groups is 1. The summed E-state index contributed by atoms with van der Waals surface area (Å²) in [6, 6.07) is 18.0. The first kappa shape index (κ1) is 28.6. The SMILES string of the molecule is COc1ccc([C@](C)(NCC(O)c2ccc(O)c(NS(C)(=O)=O)c2)C(=O)Nc2ccc(-c3ncco3)cc2)cc1. The van der Waals surface area contributed by atoms with Gasteiger partial charge < -0.3 is 24.7 Å². The third-order valence-electron chi connectivity index (χ3n) is 6.29. The highest BCUT2D eigenvalue weighted by Gasteiger charge is 2.35. The monoisotopic (exact) mass is 566 g/mol. The number of ether oxygens (including phenoxy) is 1. The van der Waals surface area contributed by atoms with Crippen LogP contribution < -0.4 is 20.1 Å². The zero-order valence-electron chi connectivity index (χ0n) is 22.1. The van der Waals surface area contributed by atoms with Crippen LogP contribution in [0.3, 0.4) is 0 Å². The Morgan fingerprint density at radius 1 is 1.10 bits per heavy atom. The van der Waals surface area contributed by atoms with Crippen molar-refractivity contribution in [1.82, 2.24) is 10.3 Å². The molecule has 1 unspecified atom stereocenters. The van der Waals surface area contributed by atoms with E-state index < -0.39 is 21.7 Å². The number of anilines is 2. The van der Waals surface area contributed by atoms with Crippen LogP contribution >= 0.6 is 0 Å². The van der Waals surface area contributed by atoms with Crippen LogP contribution in [0.1, 0.15) is 24.2 Å². The minimum absolute atomic E-state index is 0.0668. The van der Waals surface area contributed by atoms with Gasteiger partial charge in [0.1, 0.15) is 23.3 Å². The molecule has 40 heavy (non-hydrogen) atoms. The second kappa shape index (κ2) is 11.8. The Labute approximate surface area is 231 Å². The predicted molar refractivity (Wildman–Crippen MR) is 150 cm³/mol. The van der Waals surface area contributed by atoms with Crippen molar-refractivity contribution in [1.29, 1.82) is 0 Å². The fourth-order valence-electron chi connectivity index (χ4n) is 4.02. The molecule has 0 bridgehead atoms. The van der Waals surface area contributed by atoms with Crippen LogP contribution in [-0.4, -0.2) is 49.4 Å². The number of aromatic nitrogens is 1. The van der Waals surface area contributed by atoms with E-state index in [0.717, 1.165) is 11.8 Å². The van der Waals surface area contributed by atoms with Crippen LogP contribution in [0, 0.1) is 0 Å². The largest absolute Gasteiger partial charge is 0.506 e. The first-order chi connectivity index (χ1) is 19.0. The second-order valence-corrected chi connectivity index (χ2v) is 11.0. The molecule has 210 valence electrons. The van der Waals surface area contributed by atoms with Gasteiger partial charge >= 0.3 is 0 Å². The number of nitrogens with zero attached hydrogens (tertiary/aromatic N) is 1. The average Bonchev–Trinajstić information content (AvgIpc) is 3.47. The number of carbonyl (C=O) groups excluding carboxylic acids is 1. The first-order valence-corrected chi connectivity index (χ1v) is 14.1. The molecule has 1 amide bonds. The molecule has 4 rings (SSSR count). The maximum atomic E-state index is 13.7. The molecule has 0 saturated carbocycles. The average molecular weight is 567 g/mol. The maximum absolute atomic E-state index is 13.7. The summed E-state index contributed by atoms with van der Waals surface area (Å²) in [5.74, 6) is 0.397. The van der Waals surface area contributed by atoms with Gasteiger partial charge in [-0.25, -0.2) is 13.4 Å². The van der Waals surface area contributed by atoms with Crippen molar-refractivity contribution in [3.05, 3.63) is 90.3 Å². The molecule has 0 aliphatic heterocycles. The molecule has 11 nitrogen and oxygen atoms in total. The Balaban J connectivity index is 1.56. The summed E-state index contributed by atoms with van der Waals surface area (Å²) in [4.78, 5) is 17.8. The van der Waals surface area contributed by atoms with Crippen LogP contribution in [-0.2, 0) is 20.4 Å². The summed E-state index contributed by atoms with van der Waals surface area (Å²) in [5.41, 5.74) is 0.857. The summed E-state index contributed by atoms with van der Waals surface area (Å²) in [5, 5.41) is 27.0. The van der Waals surface area contributed by atoms with Gasteiger partial charge in [-0.2, -0.15) is 0 Å². The van der Waals surface area contributed by atoms with Crippen molar-refractivity contribution >= 4 is 27.3 Å². The van der Waals surface area contributed by atoms with E-state index in [9.17, 15) is 23.4 Å². The lowest BCUT2D eigenvalue weighted by molar-refractivity contribution is -0.122. The van der Waals surface area contributed by atoms with E-state index in [1.807, 2.05) is 0 Å². The molecule has 5 N–H and O–H groups in total. The molecule has 0 spiro atoms. The Kier molecular flexibility index (Phi) is 8.43. The first-order valence-electron chi connectivity index (χ1n) is 12.2. The molecule has 1 heterocycles. The second-order valence-electron chi connectivity index (χ2n) is 9.27. The van der Waals surface area contributed by atoms with Gasteiger partial charge in [-0.1, -0.05) is 18.2 Å². The molecule has 4 aromatic rings. The smallest absolute Gasteiger partial charge is 0.249 e. The molecular formula is C28H30N4O7S. The van der Waals surface area contributed by atoms with Gasteiger partial charge in [0.15, 0.2) is 0 Å². The number of aliphatic hydroxyl groups is 1. The lowest BCUT2D eigenvalue weighted by Gasteiger charge is -2.31. The van der Waals surface area contributed by atoms with Crippen molar-refractivity contribution in [3.8, 4) is 23.0 Å². The fourth-order valence-corrected chi connectivity index (χ4v) is 4.58. The number of sulfonamides is 1. The van der Waals surface area contributed by atoms with Gasteiger partial charge in [0.05, 0.1) is 31.4 Å². The normalized spacial score (nSPS) is 13.7.